The first kappa shape index (κ1) is 23.2. The number of benzene rings is 2. The van der Waals surface area contributed by atoms with E-state index in [-0.39, 0.29) is 27.4 Å². The van der Waals surface area contributed by atoms with E-state index in [0.717, 1.165) is 10.2 Å². The number of nitrogens with one attached hydrogen (secondary N) is 1. The molecule has 3 heterocycles. The average molecular weight is 522 g/mol. The molecule has 1 aliphatic rings. The Labute approximate surface area is 212 Å². The van der Waals surface area contributed by atoms with Crippen molar-refractivity contribution in [3.8, 4) is 23.3 Å². The van der Waals surface area contributed by atoms with E-state index in [0.29, 0.717) is 30.2 Å². The fourth-order valence-electron chi connectivity index (χ4n) is 3.68. The fraction of sp³-hybridized carbons (Fsp3) is 0.0870. The van der Waals surface area contributed by atoms with E-state index in [2.05, 4.69) is 15.1 Å². The normalized spacial score (nSPS) is 12.7. The van der Waals surface area contributed by atoms with Crippen molar-refractivity contribution in [2.45, 2.75) is 6.42 Å². The Morgan fingerprint density at radius 1 is 1.06 bits per heavy atom. The SMILES string of the molecule is N#Cc1nn(-c2cc(Cl)c(Oc3ccc4c(c3)CCN(c3ncccn3)C4=O)c(Cl)c2)c(=O)[nH]c1=O. The van der Waals surface area contributed by atoms with Crippen LogP contribution in [0.5, 0.6) is 11.5 Å². The number of hydrogen-bond donors (Lipinski definition) is 1. The number of nitriles is 1. The fourth-order valence-corrected chi connectivity index (χ4v) is 4.23. The van der Waals surface area contributed by atoms with E-state index in [9.17, 15) is 14.4 Å². The number of fused-ring (bicyclic) bond motifs is 1. The Balaban J connectivity index is 1.43. The minimum atomic E-state index is -0.902. The molecule has 0 atom stereocenters. The summed E-state index contributed by atoms with van der Waals surface area (Å²) < 4.78 is 6.71. The molecule has 0 saturated carbocycles. The first-order chi connectivity index (χ1) is 17.4. The Bertz CT molecular complexity index is 1660. The van der Waals surface area contributed by atoms with Crippen LogP contribution in [0.15, 0.2) is 58.4 Å². The smallest absolute Gasteiger partial charge is 0.349 e. The van der Waals surface area contributed by atoms with E-state index in [1.807, 2.05) is 4.98 Å². The summed E-state index contributed by atoms with van der Waals surface area (Å²) in [6.07, 6.45) is 3.71. The molecule has 2 aromatic carbocycles. The minimum Gasteiger partial charge on any atom is -0.454 e. The lowest BCUT2D eigenvalue weighted by atomic mass is 9.99. The quantitative estimate of drug-likeness (QED) is 0.431. The lowest BCUT2D eigenvalue weighted by Gasteiger charge is -2.27. The summed E-state index contributed by atoms with van der Waals surface area (Å²) in [6.45, 7) is 0.404. The standard InChI is InChI=1S/C23H13Cl2N7O4/c24-16-9-13(32-23(35)29-20(33)18(11-26)30-32)10-17(25)19(16)36-14-2-3-15-12(8-14)4-7-31(21(15)34)22-27-5-1-6-28-22/h1-3,5-6,8-10H,4,7H2,(H,29,33,35). The van der Waals surface area contributed by atoms with Crippen LogP contribution < -0.4 is 20.9 Å². The molecule has 0 bridgehead atoms. The number of anilines is 1. The molecule has 0 fully saturated rings. The van der Waals surface area contributed by atoms with Crippen molar-refractivity contribution in [1.29, 1.82) is 5.26 Å². The highest BCUT2D eigenvalue weighted by Crippen LogP contribution is 2.39. The molecule has 0 saturated heterocycles. The average Bonchev–Trinajstić information content (AvgIpc) is 2.87. The molecule has 5 rings (SSSR count). The largest absolute Gasteiger partial charge is 0.454 e. The second kappa shape index (κ2) is 9.26. The maximum absolute atomic E-state index is 12.9. The molecule has 4 aromatic rings. The minimum absolute atomic E-state index is 0.0529. The van der Waals surface area contributed by atoms with Gasteiger partial charge in [-0.1, -0.05) is 23.2 Å². The topological polar surface area (TPSA) is 147 Å². The zero-order chi connectivity index (χ0) is 25.4. The third kappa shape index (κ3) is 4.19. The van der Waals surface area contributed by atoms with Gasteiger partial charge in [0.1, 0.15) is 11.8 Å². The monoisotopic (exact) mass is 521 g/mol. The van der Waals surface area contributed by atoms with Crippen molar-refractivity contribution in [3.63, 3.8) is 0 Å². The van der Waals surface area contributed by atoms with Crippen LogP contribution in [0.4, 0.5) is 5.95 Å². The van der Waals surface area contributed by atoms with Crippen molar-refractivity contribution in [1.82, 2.24) is 24.7 Å². The van der Waals surface area contributed by atoms with Gasteiger partial charge in [0.25, 0.3) is 11.5 Å². The van der Waals surface area contributed by atoms with Crippen LogP contribution in [-0.4, -0.2) is 37.2 Å². The van der Waals surface area contributed by atoms with Crippen molar-refractivity contribution in [2.75, 3.05) is 11.4 Å². The van der Waals surface area contributed by atoms with E-state index in [1.54, 1.807) is 42.7 Å². The molecule has 11 nitrogen and oxygen atoms in total. The number of carbonyl (C=O) groups excluding carboxylic acids is 1. The van der Waals surface area contributed by atoms with E-state index < -0.39 is 16.9 Å². The molecule has 1 aliphatic heterocycles. The van der Waals surface area contributed by atoms with Crippen LogP contribution in [0.1, 0.15) is 21.6 Å². The highest BCUT2D eigenvalue weighted by atomic mass is 35.5. The van der Waals surface area contributed by atoms with E-state index in [4.69, 9.17) is 33.2 Å². The number of halogens is 2. The highest BCUT2D eigenvalue weighted by molar-refractivity contribution is 6.37. The van der Waals surface area contributed by atoms with Gasteiger partial charge in [0.05, 0.1) is 15.7 Å². The first-order valence-electron chi connectivity index (χ1n) is 10.4. The predicted molar refractivity (Wildman–Crippen MR) is 129 cm³/mol. The molecule has 13 heteroatoms. The number of rotatable bonds is 4. The molecular weight excluding hydrogens is 509 g/mol. The van der Waals surface area contributed by atoms with Gasteiger partial charge in [-0.25, -0.2) is 14.8 Å². The Hall–Kier alpha value is -4.53. The van der Waals surface area contributed by atoms with E-state index >= 15 is 0 Å². The van der Waals surface area contributed by atoms with Crippen molar-refractivity contribution in [2.24, 2.45) is 0 Å². The number of aromatic nitrogens is 5. The lowest BCUT2D eigenvalue weighted by Crippen LogP contribution is -2.38. The summed E-state index contributed by atoms with van der Waals surface area (Å²) in [4.78, 5) is 48.5. The van der Waals surface area contributed by atoms with Crippen molar-refractivity contribution in [3.05, 3.63) is 96.5 Å². The summed E-state index contributed by atoms with van der Waals surface area (Å²) >= 11 is 12.8. The lowest BCUT2D eigenvalue weighted by molar-refractivity contribution is 0.0979. The second-order valence-corrected chi connectivity index (χ2v) is 8.36. The molecule has 1 amide bonds. The van der Waals surface area contributed by atoms with Crippen molar-refractivity contribution < 1.29 is 9.53 Å². The van der Waals surface area contributed by atoms with Crippen LogP contribution in [0.25, 0.3) is 5.69 Å². The van der Waals surface area contributed by atoms with Crippen LogP contribution in [0.3, 0.4) is 0 Å². The van der Waals surface area contributed by atoms with Gasteiger partial charge in [0, 0.05) is 24.5 Å². The number of amides is 1. The number of H-pyrrole nitrogens is 1. The Kier molecular flexibility index (Phi) is 5.97. The van der Waals surface area contributed by atoms with E-state index in [1.165, 1.54) is 17.0 Å². The van der Waals surface area contributed by atoms with Gasteiger partial charge in [-0.3, -0.25) is 19.5 Å². The molecule has 1 N–H and O–H groups in total. The van der Waals surface area contributed by atoms with Crippen LogP contribution in [-0.2, 0) is 6.42 Å². The van der Waals surface area contributed by atoms with Crippen LogP contribution in [0, 0.1) is 11.3 Å². The molecule has 0 spiro atoms. The third-order valence-electron chi connectivity index (χ3n) is 5.33. The Morgan fingerprint density at radius 3 is 2.47 bits per heavy atom. The number of carbonyl (C=O) groups is 1. The molecule has 178 valence electrons. The predicted octanol–water partition coefficient (Wildman–Crippen LogP) is 2.88. The van der Waals surface area contributed by atoms with Gasteiger partial charge in [0.15, 0.2) is 5.75 Å². The first-order valence-corrected chi connectivity index (χ1v) is 11.1. The zero-order valence-electron chi connectivity index (χ0n) is 18.1. The molecule has 0 radical (unpaired) electrons. The Morgan fingerprint density at radius 2 is 1.78 bits per heavy atom. The number of ether oxygens (including phenoxy) is 1. The molecule has 0 aliphatic carbocycles. The summed E-state index contributed by atoms with van der Waals surface area (Å²) in [6, 6.07) is 11.0. The van der Waals surface area contributed by atoms with Crippen LogP contribution >= 0.6 is 23.2 Å². The zero-order valence-corrected chi connectivity index (χ0v) is 19.6. The van der Waals surface area contributed by atoms with Gasteiger partial charge in [0.2, 0.25) is 11.6 Å². The number of hydrogen-bond acceptors (Lipinski definition) is 8. The summed E-state index contributed by atoms with van der Waals surface area (Å²) in [5, 5.41) is 12.9. The number of nitrogens with zero attached hydrogens (tertiary/aromatic N) is 6. The second-order valence-electron chi connectivity index (χ2n) is 7.55. The summed E-state index contributed by atoms with van der Waals surface area (Å²) in [5.41, 5.74) is -0.861. The maximum atomic E-state index is 12.9. The third-order valence-corrected chi connectivity index (χ3v) is 5.89. The molecular formula is C23H13Cl2N7O4. The van der Waals surface area contributed by atoms with Crippen molar-refractivity contribution >= 4 is 35.1 Å². The van der Waals surface area contributed by atoms with Gasteiger partial charge in [-0.2, -0.15) is 9.94 Å². The van der Waals surface area contributed by atoms with Gasteiger partial charge < -0.3 is 4.74 Å². The molecule has 0 unspecified atom stereocenters. The molecule has 36 heavy (non-hydrogen) atoms. The van der Waals surface area contributed by atoms with Gasteiger partial charge in [-0.15, -0.1) is 5.10 Å². The number of aromatic amines is 1. The van der Waals surface area contributed by atoms with Gasteiger partial charge >= 0.3 is 5.69 Å². The van der Waals surface area contributed by atoms with Crippen LogP contribution in [0.2, 0.25) is 10.0 Å². The highest BCUT2D eigenvalue weighted by Gasteiger charge is 2.27. The van der Waals surface area contributed by atoms with Gasteiger partial charge in [-0.05, 0) is 48.4 Å². The maximum Gasteiger partial charge on any atom is 0.349 e. The molecule has 2 aromatic heterocycles. The summed E-state index contributed by atoms with van der Waals surface area (Å²) in [7, 11) is 0. The summed E-state index contributed by atoms with van der Waals surface area (Å²) in [5.74, 6) is 0.630.